The zero-order chi connectivity index (χ0) is 12.3. The predicted molar refractivity (Wildman–Crippen MR) is 77.7 cm³/mol. The molecule has 0 saturated heterocycles. The van der Waals surface area contributed by atoms with Gasteiger partial charge in [-0.3, -0.25) is 0 Å². The normalized spacial score (nSPS) is 12.4. The molecule has 1 aromatic carbocycles. The Labute approximate surface area is 119 Å². The average molecular weight is 332 g/mol. The number of methoxy groups -OCH3 is 1. The van der Waals surface area contributed by atoms with Crippen molar-refractivity contribution >= 4 is 38.9 Å². The highest BCUT2D eigenvalue weighted by atomic mass is 79.9. The van der Waals surface area contributed by atoms with Crippen LogP contribution in [0.1, 0.15) is 15.3 Å². The lowest BCUT2D eigenvalue weighted by Crippen LogP contribution is -1.92. The largest absolute Gasteiger partial charge is 0.496 e. The van der Waals surface area contributed by atoms with Crippen LogP contribution >= 0.6 is 38.9 Å². The number of benzene rings is 1. The molecule has 1 unspecified atom stereocenters. The zero-order valence-corrected chi connectivity index (χ0v) is 12.5. The molecule has 0 aliphatic heterocycles. The van der Waals surface area contributed by atoms with E-state index in [1.807, 2.05) is 23.6 Å². The molecule has 0 aliphatic rings. The second-order valence-corrected chi connectivity index (χ2v) is 6.18. The first-order valence-corrected chi connectivity index (χ1v) is 7.37. The van der Waals surface area contributed by atoms with Gasteiger partial charge < -0.3 is 4.74 Å². The van der Waals surface area contributed by atoms with Gasteiger partial charge in [-0.15, -0.1) is 11.3 Å². The fourth-order valence-corrected chi connectivity index (χ4v) is 3.45. The number of halogens is 2. The van der Waals surface area contributed by atoms with E-state index in [0.717, 1.165) is 17.2 Å². The maximum atomic E-state index is 5.97. The minimum absolute atomic E-state index is 0.301. The van der Waals surface area contributed by atoms with Crippen molar-refractivity contribution in [3.63, 3.8) is 0 Å². The van der Waals surface area contributed by atoms with Gasteiger partial charge in [0, 0.05) is 15.3 Å². The quantitative estimate of drug-likeness (QED) is 0.709. The predicted octanol–water partition coefficient (Wildman–Crippen LogP) is 5.09. The minimum Gasteiger partial charge on any atom is -0.496 e. The summed E-state index contributed by atoms with van der Waals surface area (Å²) in [6.07, 6.45) is 0.921. The zero-order valence-electron chi connectivity index (χ0n) is 9.32. The van der Waals surface area contributed by atoms with Crippen LogP contribution in [0.3, 0.4) is 0 Å². The smallest absolute Gasteiger partial charge is 0.129 e. The van der Waals surface area contributed by atoms with Gasteiger partial charge in [-0.25, -0.2) is 0 Å². The number of hydrogen-bond donors (Lipinski definition) is 0. The molecule has 0 aliphatic carbocycles. The summed E-state index contributed by atoms with van der Waals surface area (Å²) in [5.41, 5.74) is 1.23. The van der Waals surface area contributed by atoms with Gasteiger partial charge in [0.05, 0.1) is 11.9 Å². The molecule has 90 valence electrons. The Morgan fingerprint density at radius 2 is 2.24 bits per heavy atom. The minimum atomic E-state index is 0.301. The molecule has 0 radical (unpaired) electrons. The second-order valence-electron chi connectivity index (χ2n) is 3.69. The van der Waals surface area contributed by atoms with E-state index in [4.69, 9.17) is 16.3 Å². The average Bonchev–Trinajstić information content (AvgIpc) is 2.77. The molecular weight excluding hydrogens is 320 g/mol. The van der Waals surface area contributed by atoms with Crippen LogP contribution in [-0.2, 0) is 6.42 Å². The van der Waals surface area contributed by atoms with E-state index < -0.39 is 0 Å². The SMILES string of the molecule is COc1csc(C(Br)Cc2cccc(Cl)c2)c1. The Morgan fingerprint density at radius 3 is 2.88 bits per heavy atom. The number of hydrogen-bond acceptors (Lipinski definition) is 2. The number of thiophene rings is 1. The Hall–Kier alpha value is -0.510. The van der Waals surface area contributed by atoms with Crippen molar-refractivity contribution in [1.29, 1.82) is 0 Å². The Morgan fingerprint density at radius 1 is 1.41 bits per heavy atom. The molecule has 2 rings (SSSR count). The molecule has 17 heavy (non-hydrogen) atoms. The first-order valence-electron chi connectivity index (χ1n) is 5.20. The number of rotatable bonds is 4. The van der Waals surface area contributed by atoms with E-state index in [1.54, 1.807) is 18.4 Å². The fourth-order valence-electron chi connectivity index (χ4n) is 1.58. The first-order chi connectivity index (χ1) is 8.19. The highest BCUT2D eigenvalue weighted by Crippen LogP contribution is 2.34. The molecule has 2 aromatic rings. The molecule has 0 bridgehead atoms. The van der Waals surface area contributed by atoms with Crippen molar-refractivity contribution in [3.05, 3.63) is 51.2 Å². The van der Waals surface area contributed by atoms with Gasteiger partial charge in [0.1, 0.15) is 5.75 Å². The molecule has 1 heterocycles. The third-order valence-electron chi connectivity index (χ3n) is 2.44. The molecule has 0 fully saturated rings. The van der Waals surface area contributed by atoms with E-state index in [0.29, 0.717) is 4.83 Å². The van der Waals surface area contributed by atoms with Gasteiger partial charge in [-0.05, 0) is 30.2 Å². The maximum Gasteiger partial charge on any atom is 0.129 e. The van der Waals surface area contributed by atoms with Gasteiger partial charge in [0.2, 0.25) is 0 Å². The lowest BCUT2D eigenvalue weighted by Gasteiger charge is -2.07. The third kappa shape index (κ3) is 3.47. The molecule has 1 nitrogen and oxygen atoms in total. The summed E-state index contributed by atoms with van der Waals surface area (Å²) in [5, 5.41) is 2.80. The highest BCUT2D eigenvalue weighted by molar-refractivity contribution is 9.09. The Bertz CT molecular complexity index is 498. The molecule has 1 atom stereocenters. The van der Waals surface area contributed by atoms with Crippen LogP contribution in [0, 0.1) is 0 Å². The monoisotopic (exact) mass is 330 g/mol. The molecule has 0 saturated carbocycles. The lowest BCUT2D eigenvalue weighted by molar-refractivity contribution is 0.416. The van der Waals surface area contributed by atoms with Crippen molar-refractivity contribution < 1.29 is 4.74 Å². The standard InChI is InChI=1S/C13H12BrClOS/c1-16-11-7-13(17-8-11)12(14)6-9-3-2-4-10(15)5-9/h2-5,7-8,12H,6H2,1H3. The van der Waals surface area contributed by atoms with E-state index in [9.17, 15) is 0 Å². The Balaban J connectivity index is 2.08. The van der Waals surface area contributed by atoms with Crippen LogP contribution in [0.25, 0.3) is 0 Å². The van der Waals surface area contributed by atoms with Crippen molar-refractivity contribution in [3.8, 4) is 5.75 Å². The summed E-state index contributed by atoms with van der Waals surface area (Å²) in [6.45, 7) is 0. The van der Waals surface area contributed by atoms with Crippen molar-refractivity contribution in [2.24, 2.45) is 0 Å². The summed E-state index contributed by atoms with van der Waals surface area (Å²) in [7, 11) is 1.69. The van der Waals surface area contributed by atoms with E-state index in [-0.39, 0.29) is 0 Å². The van der Waals surface area contributed by atoms with Crippen LogP contribution in [0.4, 0.5) is 0 Å². The fraction of sp³-hybridized carbons (Fsp3) is 0.231. The lowest BCUT2D eigenvalue weighted by atomic mass is 10.1. The summed E-state index contributed by atoms with van der Waals surface area (Å²) < 4.78 is 5.18. The highest BCUT2D eigenvalue weighted by Gasteiger charge is 2.11. The van der Waals surface area contributed by atoms with Crippen LogP contribution < -0.4 is 4.74 Å². The maximum absolute atomic E-state index is 5.97. The van der Waals surface area contributed by atoms with E-state index in [1.165, 1.54) is 10.4 Å². The van der Waals surface area contributed by atoms with Crippen LogP contribution in [-0.4, -0.2) is 7.11 Å². The molecule has 0 N–H and O–H groups in total. The molecule has 0 amide bonds. The Kier molecular flexibility index (Phi) is 4.48. The molecule has 4 heteroatoms. The van der Waals surface area contributed by atoms with Gasteiger partial charge in [0.15, 0.2) is 0 Å². The van der Waals surface area contributed by atoms with Crippen LogP contribution in [0.2, 0.25) is 5.02 Å². The van der Waals surface area contributed by atoms with E-state index in [2.05, 4.69) is 28.1 Å². The molecular formula is C13H12BrClOS. The van der Waals surface area contributed by atoms with E-state index >= 15 is 0 Å². The summed E-state index contributed by atoms with van der Waals surface area (Å²) in [4.78, 5) is 1.57. The van der Waals surface area contributed by atoms with Crippen molar-refractivity contribution in [2.75, 3.05) is 7.11 Å². The third-order valence-corrected chi connectivity index (χ3v) is 4.82. The van der Waals surface area contributed by atoms with Gasteiger partial charge >= 0.3 is 0 Å². The first kappa shape index (κ1) is 12.9. The van der Waals surface area contributed by atoms with Gasteiger partial charge in [-0.1, -0.05) is 39.7 Å². The summed E-state index contributed by atoms with van der Waals surface area (Å²) >= 11 is 11.4. The topological polar surface area (TPSA) is 9.23 Å². The summed E-state index contributed by atoms with van der Waals surface area (Å²) in [6, 6.07) is 10.0. The molecule has 1 aromatic heterocycles. The number of alkyl halides is 1. The van der Waals surface area contributed by atoms with Gasteiger partial charge in [-0.2, -0.15) is 0 Å². The summed E-state index contributed by atoms with van der Waals surface area (Å²) in [5.74, 6) is 0.917. The second kappa shape index (κ2) is 5.89. The number of ether oxygens (including phenoxy) is 1. The van der Waals surface area contributed by atoms with Crippen LogP contribution in [0.15, 0.2) is 35.7 Å². The van der Waals surface area contributed by atoms with Gasteiger partial charge in [0.25, 0.3) is 0 Å². The van der Waals surface area contributed by atoms with Crippen molar-refractivity contribution in [1.82, 2.24) is 0 Å². The van der Waals surface area contributed by atoms with Crippen molar-refractivity contribution in [2.45, 2.75) is 11.2 Å². The molecule has 0 spiro atoms. The van der Waals surface area contributed by atoms with Crippen LogP contribution in [0.5, 0.6) is 5.75 Å².